The number of hydrogen-bond donors (Lipinski definition) is 2. The maximum Gasteiger partial charge on any atom is 0.149 e. The van der Waals surface area contributed by atoms with Gasteiger partial charge in [-0.1, -0.05) is 27.4 Å². The molecular weight excluding hydrogens is 501 g/mol. The largest absolute Gasteiger partial charge is 0.353 e. The van der Waals surface area contributed by atoms with Crippen LogP contribution in [-0.4, -0.2) is 50.5 Å². The van der Waals surface area contributed by atoms with Crippen LogP contribution >= 0.6 is 0 Å². The van der Waals surface area contributed by atoms with E-state index >= 15 is 0 Å². The topological polar surface area (TPSA) is 74.1 Å². The molecular formula is C32H42FN7. The molecule has 8 heteroatoms. The van der Waals surface area contributed by atoms with Crippen LogP contribution in [0.15, 0.2) is 54.6 Å². The minimum atomic E-state index is -0.336. The van der Waals surface area contributed by atoms with Crippen LogP contribution in [0.2, 0.25) is 0 Å². The molecule has 0 saturated carbocycles. The highest BCUT2D eigenvalue weighted by molar-refractivity contribution is 5.96. The number of halogens is 1. The van der Waals surface area contributed by atoms with Gasteiger partial charge < -0.3 is 15.2 Å². The summed E-state index contributed by atoms with van der Waals surface area (Å²) in [4.78, 5) is 14.5. The first-order valence-corrected chi connectivity index (χ1v) is 14.0. The Morgan fingerprint density at radius 2 is 1.85 bits per heavy atom. The van der Waals surface area contributed by atoms with Crippen molar-refractivity contribution in [2.24, 2.45) is 10.9 Å². The van der Waals surface area contributed by atoms with E-state index in [2.05, 4.69) is 69.4 Å². The van der Waals surface area contributed by atoms with Gasteiger partial charge in [0.25, 0.3) is 0 Å². The first-order chi connectivity index (χ1) is 19.0. The molecule has 3 aromatic heterocycles. The zero-order chi connectivity index (χ0) is 29.0. The molecule has 5 rings (SSSR count). The lowest BCUT2D eigenvalue weighted by Crippen LogP contribution is -2.31. The summed E-state index contributed by atoms with van der Waals surface area (Å²) < 4.78 is 17.0. The molecule has 212 valence electrons. The fraction of sp³-hybridized carbons (Fsp3) is 0.406. The molecule has 40 heavy (non-hydrogen) atoms. The Kier molecular flexibility index (Phi) is 9.20. The molecule has 1 saturated heterocycles. The molecule has 7 nitrogen and oxygen atoms in total. The fourth-order valence-electron chi connectivity index (χ4n) is 4.77. The van der Waals surface area contributed by atoms with E-state index in [1.807, 2.05) is 51.5 Å². The molecule has 0 bridgehead atoms. The molecule has 4 heterocycles. The summed E-state index contributed by atoms with van der Waals surface area (Å²) in [7, 11) is 2.16. The van der Waals surface area contributed by atoms with Crippen LogP contribution < -0.4 is 5.32 Å². The third kappa shape index (κ3) is 7.04. The number of fused-ring (bicyclic) bond motifs is 1. The Morgan fingerprint density at radius 3 is 2.50 bits per heavy atom. The molecule has 2 N–H and O–H groups in total. The Bertz CT molecular complexity index is 1470. The molecule has 1 aliphatic rings. The van der Waals surface area contributed by atoms with Crippen LogP contribution in [0, 0.1) is 18.7 Å². The molecule has 0 amide bonds. The number of hydrogen-bond acceptors (Lipinski definition) is 5. The van der Waals surface area contributed by atoms with Gasteiger partial charge in [0, 0.05) is 46.5 Å². The number of aryl methyl sites for hydroxylation is 1. The van der Waals surface area contributed by atoms with Crippen molar-refractivity contribution in [2.45, 2.75) is 60.4 Å². The summed E-state index contributed by atoms with van der Waals surface area (Å²) >= 11 is 0. The van der Waals surface area contributed by atoms with Crippen LogP contribution in [0.25, 0.3) is 27.9 Å². The van der Waals surface area contributed by atoms with E-state index in [1.165, 1.54) is 6.07 Å². The highest BCUT2D eigenvalue weighted by atomic mass is 19.1. The smallest absolute Gasteiger partial charge is 0.149 e. The van der Waals surface area contributed by atoms with E-state index in [4.69, 9.17) is 0 Å². The number of nitrogens with zero attached hydrogens (tertiary/aromatic N) is 5. The summed E-state index contributed by atoms with van der Waals surface area (Å²) in [5.74, 6) is 0.498. The SMILES string of the molecule is C=C(Nc1cnn(C2CCN(C)CC2)c1)c1cnc2[nH]cc(-c3cc(C)c(N=C(C)C)c(F)c3)c2c1.CC(C)C. The van der Waals surface area contributed by atoms with E-state index in [1.54, 1.807) is 6.20 Å². The lowest BCUT2D eigenvalue weighted by molar-refractivity contribution is 0.212. The predicted octanol–water partition coefficient (Wildman–Crippen LogP) is 8.00. The third-order valence-electron chi connectivity index (χ3n) is 6.74. The minimum Gasteiger partial charge on any atom is -0.353 e. The quantitative estimate of drug-likeness (QED) is 0.242. The first-order valence-electron chi connectivity index (χ1n) is 14.0. The van der Waals surface area contributed by atoms with Crippen LogP contribution in [0.5, 0.6) is 0 Å². The van der Waals surface area contributed by atoms with Gasteiger partial charge in [-0.05, 0) is 89.0 Å². The van der Waals surface area contributed by atoms with E-state index in [0.29, 0.717) is 11.7 Å². The van der Waals surface area contributed by atoms with Crippen molar-refractivity contribution in [1.29, 1.82) is 0 Å². The summed E-state index contributed by atoms with van der Waals surface area (Å²) in [6, 6.07) is 5.95. The second-order valence-corrected chi connectivity index (χ2v) is 11.6. The summed E-state index contributed by atoms with van der Waals surface area (Å²) in [5.41, 5.74) is 6.87. The average Bonchev–Trinajstić information content (AvgIpc) is 3.53. The van der Waals surface area contributed by atoms with E-state index in [0.717, 1.165) is 82.2 Å². The average molecular weight is 544 g/mol. The number of rotatable bonds is 6. The molecule has 0 aliphatic carbocycles. The Hall–Kier alpha value is -3.78. The maximum absolute atomic E-state index is 14.9. The van der Waals surface area contributed by atoms with Gasteiger partial charge in [0.1, 0.15) is 17.2 Å². The van der Waals surface area contributed by atoms with Gasteiger partial charge >= 0.3 is 0 Å². The third-order valence-corrected chi connectivity index (χ3v) is 6.74. The Balaban J connectivity index is 0.000000867. The van der Waals surface area contributed by atoms with Gasteiger partial charge in [0.05, 0.1) is 17.9 Å². The highest BCUT2D eigenvalue weighted by Crippen LogP contribution is 2.34. The van der Waals surface area contributed by atoms with E-state index in [-0.39, 0.29) is 5.82 Å². The second kappa shape index (κ2) is 12.6. The number of H-pyrrole nitrogens is 1. The number of aromatic nitrogens is 4. The number of piperidine rings is 1. The van der Waals surface area contributed by atoms with Crippen molar-refractivity contribution in [2.75, 3.05) is 25.5 Å². The highest BCUT2D eigenvalue weighted by Gasteiger charge is 2.19. The molecule has 1 aliphatic heterocycles. The number of anilines is 1. The number of pyridine rings is 1. The molecule has 0 unspecified atom stereocenters. The van der Waals surface area contributed by atoms with Crippen molar-refractivity contribution >= 4 is 33.8 Å². The van der Waals surface area contributed by atoms with Crippen LogP contribution in [0.3, 0.4) is 0 Å². The second-order valence-electron chi connectivity index (χ2n) is 11.6. The van der Waals surface area contributed by atoms with Crippen molar-refractivity contribution in [3.8, 4) is 11.1 Å². The molecule has 0 spiro atoms. The number of nitrogens with one attached hydrogen (secondary N) is 2. The van der Waals surface area contributed by atoms with Crippen molar-refractivity contribution in [3.05, 3.63) is 66.5 Å². The van der Waals surface area contributed by atoms with Crippen LogP contribution in [0.4, 0.5) is 15.8 Å². The Labute approximate surface area is 237 Å². The maximum atomic E-state index is 14.9. The van der Waals surface area contributed by atoms with E-state index in [9.17, 15) is 4.39 Å². The van der Waals surface area contributed by atoms with Gasteiger partial charge in [-0.25, -0.2) is 9.37 Å². The normalized spacial score (nSPS) is 14.2. The zero-order valence-electron chi connectivity index (χ0n) is 24.8. The van der Waals surface area contributed by atoms with Crippen LogP contribution in [-0.2, 0) is 0 Å². The number of benzene rings is 1. The van der Waals surface area contributed by atoms with E-state index < -0.39 is 0 Å². The number of aliphatic imine (C=N–C) groups is 1. The Morgan fingerprint density at radius 1 is 1.15 bits per heavy atom. The summed E-state index contributed by atoms with van der Waals surface area (Å²) in [6.07, 6.45) is 9.73. The molecule has 4 aromatic rings. The van der Waals surface area contributed by atoms with Crippen molar-refractivity contribution < 1.29 is 4.39 Å². The van der Waals surface area contributed by atoms with Gasteiger partial charge in [0.15, 0.2) is 0 Å². The van der Waals surface area contributed by atoms with Gasteiger partial charge in [-0.3, -0.25) is 9.67 Å². The summed E-state index contributed by atoms with van der Waals surface area (Å²) in [5, 5.41) is 8.85. The molecule has 0 radical (unpaired) electrons. The lowest BCUT2D eigenvalue weighted by Gasteiger charge is -2.28. The first kappa shape index (κ1) is 29.2. The zero-order valence-corrected chi connectivity index (χ0v) is 24.8. The minimum absolute atomic E-state index is 0.336. The van der Waals surface area contributed by atoms with Crippen LogP contribution in [0.1, 0.15) is 64.6 Å². The number of aromatic amines is 1. The van der Waals surface area contributed by atoms with Crippen molar-refractivity contribution in [3.63, 3.8) is 0 Å². The molecule has 0 atom stereocenters. The molecule has 1 fully saturated rings. The van der Waals surface area contributed by atoms with Gasteiger partial charge in [-0.2, -0.15) is 5.10 Å². The van der Waals surface area contributed by atoms with Gasteiger partial charge in [0.2, 0.25) is 0 Å². The van der Waals surface area contributed by atoms with Gasteiger partial charge in [-0.15, -0.1) is 0 Å². The predicted molar refractivity (Wildman–Crippen MR) is 166 cm³/mol. The standard InChI is InChI=1S/C28H32FN7.C4H10/c1-17(2)33-27-18(3)10-20(12-26(27)29)25-15-31-28-24(25)11-21(13-30-28)19(4)34-22-14-32-36(16-22)23-6-8-35(5)9-7-23;1-4(2)3/h10-16,23,34H,4,6-9H2,1-3,5H3,(H,30,31);4H,1-3H3. The van der Waals surface area contributed by atoms with Crippen molar-refractivity contribution in [1.82, 2.24) is 24.6 Å². The molecule has 1 aromatic carbocycles. The fourth-order valence-corrected chi connectivity index (χ4v) is 4.77. The summed E-state index contributed by atoms with van der Waals surface area (Å²) in [6.45, 7) is 18.5. The number of likely N-dealkylation sites (tertiary alicyclic amines) is 1. The monoisotopic (exact) mass is 543 g/mol. The lowest BCUT2D eigenvalue weighted by atomic mass is 10.0.